The van der Waals surface area contributed by atoms with Crippen LogP contribution in [0.4, 0.5) is 10.1 Å². The van der Waals surface area contributed by atoms with Crippen LogP contribution >= 0.6 is 0 Å². The molecule has 0 saturated carbocycles. The molecule has 8 nitrogen and oxygen atoms in total. The van der Waals surface area contributed by atoms with E-state index in [-0.39, 0.29) is 37.3 Å². The number of likely N-dealkylation sites (tertiary alicyclic amines) is 1. The van der Waals surface area contributed by atoms with Crippen LogP contribution in [-0.4, -0.2) is 48.4 Å². The van der Waals surface area contributed by atoms with Gasteiger partial charge in [0, 0.05) is 24.2 Å². The summed E-state index contributed by atoms with van der Waals surface area (Å²) < 4.78 is 31.2. The molecule has 222 valence electrons. The molecule has 2 N–H and O–H groups in total. The van der Waals surface area contributed by atoms with E-state index in [1.54, 1.807) is 18.2 Å². The summed E-state index contributed by atoms with van der Waals surface area (Å²) in [5.74, 6) is -2.47. The predicted octanol–water partition coefficient (Wildman–Crippen LogP) is 5.87. The van der Waals surface area contributed by atoms with E-state index in [1.165, 1.54) is 6.07 Å². The fourth-order valence-corrected chi connectivity index (χ4v) is 6.28. The monoisotopic (exact) mass is 576 g/mol. The number of carboxylic acids is 1. The minimum atomic E-state index is -1.03. The first kappa shape index (κ1) is 29.4. The Balaban J connectivity index is 1.50. The molecule has 3 aromatic rings. The van der Waals surface area contributed by atoms with Crippen molar-refractivity contribution in [3.63, 3.8) is 0 Å². The van der Waals surface area contributed by atoms with Crippen molar-refractivity contribution in [2.75, 3.05) is 31.8 Å². The SMILES string of the molecule is CCOc1ccc([C@H]2C(C(=O)O)[C@@H](c3cc(F)c4c(c3)OCO4)CN2CC(=O)Nc2c(CC)cc(C)cc2CC)cc1. The maximum absolute atomic E-state index is 14.9. The van der Waals surface area contributed by atoms with E-state index in [9.17, 15) is 19.1 Å². The van der Waals surface area contributed by atoms with Crippen LogP contribution in [0.1, 0.15) is 60.5 Å². The van der Waals surface area contributed by atoms with E-state index in [0.29, 0.717) is 17.9 Å². The summed E-state index contributed by atoms with van der Waals surface area (Å²) in [6.07, 6.45) is 1.53. The van der Waals surface area contributed by atoms with Crippen LogP contribution in [0.3, 0.4) is 0 Å². The summed E-state index contributed by atoms with van der Waals surface area (Å²) in [5.41, 5.74) is 5.30. The van der Waals surface area contributed by atoms with Gasteiger partial charge in [-0.25, -0.2) is 4.39 Å². The lowest BCUT2D eigenvalue weighted by Gasteiger charge is -2.27. The number of nitrogens with one attached hydrogen (secondary N) is 1. The summed E-state index contributed by atoms with van der Waals surface area (Å²) in [4.78, 5) is 28.4. The molecular formula is C33H37FN2O6. The second kappa shape index (κ2) is 12.4. The molecule has 9 heteroatoms. The van der Waals surface area contributed by atoms with Crippen LogP contribution in [0, 0.1) is 18.7 Å². The number of halogens is 1. The summed E-state index contributed by atoms with van der Waals surface area (Å²) in [6.45, 7) is 8.65. The van der Waals surface area contributed by atoms with Gasteiger partial charge in [0.2, 0.25) is 18.4 Å². The first-order valence-corrected chi connectivity index (χ1v) is 14.4. The van der Waals surface area contributed by atoms with E-state index in [4.69, 9.17) is 14.2 Å². The number of carboxylic acid groups (broad SMARTS) is 1. The van der Waals surface area contributed by atoms with Crippen molar-refractivity contribution in [1.82, 2.24) is 4.90 Å². The summed E-state index contributed by atoms with van der Waals surface area (Å²) in [6, 6.07) is 13.8. The first-order valence-electron chi connectivity index (χ1n) is 14.4. The number of hydrogen-bond acceptors (Lipinski definition) is 6. The van der Waals surface area contributed by atoms with Crippen LogP contribution in [0.5, 0.6) is 17.2 Å². The Morgan fingerprint density at radius 3 is 2.33 bits per heavy atom. The first-order chi connectivity index (χ1) is 20.2. The lowest BCUT2D eigenvalue weighted by atomic mass is 9.82. The summed E-state index contributed by atoms with van der Waals surface area (Å²) in [5, 5.41) is 13.7. The number of rotatable bonds is 10. The fraction of sp³-hybridized carbons (Fsp3) is 0.394. The molecule has 2 heterocycles. The minimum absolute atomic E-state index is 0.0273. The zero-order chi connectivity index (χ0) is 30.0. The molecule has 5 rings (SSSR count). The quantitative estimate of drug-likeness (QED) is 0.312. The van der Waals surface area contributed by atoms with Gasteiger partial charge in [-0.2, -0.15) is 0 Å². The molecule has 0 radical (unpaired) electrons. The van der Waals surface area contributed by atoms with Gasteiger partial charge < -0.3 is 24.6 Å². The third-order valence-corrected chi connectivity index (χ3v) is 8.11. The van der Waals surface area contributed by atoms with Gasteiger partial charge in [0.05, 0.1) is 19.1 Å². The average molecular weight is 577 g/mol. The number of anilines is 1. The van der Waals surface area contributed by atoms with E-state index >= 15 is 0 Å². The Morgan fingerprint density at radius 2 is 1.71 bits per heavy atom. The molecule has 2 aliphatic rings. The molecule has 2 aliphatic heterocycles. The van der Waals surface area contributed by atoms with Crippen LogP contribution in [-0.2, 0) is 22.4 Å². The highest BCUT2D eigenvalue weighted by Gasteiger charge is 2.48. The molecule has 0 spiro atoms. The number of aryl methyl sites for hydroxylation is 3. The zero-order valence-electron chi connectivity index (χ0n) is 24.4. The van der Waals surface area contributed by atoms with Crippen LogP contribution < -0.4 is 19.5 Å². The van der Waals surface area contributed by atoms with Gasteiger partial charge in [-0.15, -0.1) is 0 Å². The number of ether oxygens (including phenoxy) is 3. The van der Waals surface area contributed by atoms with Gasteiger partial charge >= 0.3 is 5.97 Å². The normalized spacial score (nSPS) is 19.6. The largest absolute Gasteiger partial charge is 0.494 e. The Morgan fingerprint density at radius 1 is 1.02 bits per heavy atom. The molecule has 1 unspecified atom stereocenters. The van der Waals surface area contributed by atoms with Crippen molar-refractivity contribution in [3.05, 3.63) is 82.2 Å². The van der Waals surface area contributed by atoms with Crippen molar-refractivity contribution >= 4 is 17.6 Å². The number of carbonyl (C=O) groups excluding carboxylic acids is 1. The summed E-state index contributed by atoms with van der Waals surface area (Å²) >= 11 is 0. The van der Waals surface area contributed by atoms with Gasteiger partial charge in [0.1, 0.15) is 5.75 Å². The molecule has 1 fully saturated rings. The maximum atomic E-state index is 14.9. The number of amides is 1. The highest BCUT2D eigenvalue weighted by Crippen LogP contribution is 2.48. The molecule has 3 atom stereocenters. The standard InChI is InChI=1S/C33H37FN2O6/c1-5-20-12-19(4)13-21(6-2)30(20)35-28(37)17-36-16-25(23-14-26(34)32-27(15-23)41-18-42-32)29(33(38)39)31(36)22-8-10-24(11-9-22)40-7-3/h8-15,25,29,31H,5-7,16-18H2,1-4H3,(H,35,37)(H,38,39)/t25-,29?,31+/m1/s1. The maximum Gasteiger partial charge on any atom is 0.309 e. The lowest BCUT2D eigenvalue weighted by molar-refractivity contribution is -0.143. The van der Waals surface area contributed by atoms with E-state index in [2.05, 4.69) is 31.3 Å². The zero-order valence-corrected chi connectivity index (χ0v) is 24.4. The van der Waals surface area contributed by atoms with E-state index in [0.717, 1.165) is 40.8 Å². The number of benzene rings is 3. The lowest BCUT2D eigenvalue weighted by Crippen LogP contribution is -2.35. The molecule has 1 amide bonds. The Kier molecular flexibility index (Phi) is 8.68. The van der Waals surface area contributed by atoms with Crippen molar-refractivity contribution in [2.24, 2.45) is 5.92 Å². The fourth-order valence-electron chi connectivity index (χ4n) is 6.28. The van der Waals surface area contributed by atoms with Gasteiger partial charge in [-0.05, 0) is 73.2 Å². The van der Waals surface area contributed by atoms with E-state index in [1.807, 2.05) is 30.9 Å². The van der Waals surface area contributed by atoms with Crippen LogP contribution in [0.2, 0.25) is 0 Å². The van der Waals surface area contributed by atoms with Gasteiger partial charge in [-0.1, -0.05) is 43.7 Å². The van der Waals surface area contributed by atoms with Crippen molar-refractivity contribution in [3.8, 4) is 17.2 Å². The molecule has 0 aliphatic carbocycles. The number of aliphatic carboxylic acids is 1. The van der Waals surface area contributed by atoms with Gasteiger partial charge in [0.25, 0.3) is 0 Å². The van der Waals surface area contributed by atoms with Crippen LogP contribution in [0.25, 0.3) is 0 Å². The summed E-state index contributed by atoms with van der Waals surface area (Å²) in [7, 11) is 0. The number of hydrogen-bond donors (Lipinski definition) is 2. The van der Waals surface area contributed by atoms with Crippen LogP contribution in [0.15, 0.2) is 48.5 Å². The van der Waals surface area contributed by atoms with E-state index < -0.39 is 29.7 Å². The van der Waals surface area contributed by atoms with Gasteiger partial charge in [-0.3, -0.25) is 14.5 Å². The van der Waals surface area contributed by atoms with Crippen molar-refractivity contribution in [1.29, 1.82) is 0 Å². The molecular weight excluding hydrogens is 539 g/mol. The molecule has 0 aromatic heterocycles. The predicted molar refractivity (Wildman–Crippen MR) is 157 cm³/mol. The topological polar surface area (TPSA) is 97.3 Å². The molecule has 0 bridgehead atoms. The smallest absolute Gasteiger partial charge is 0.309 e. The second-order valence-corrected chi connectivity index (χ2v) is 10.8. The Labute approximate surface area is 245 Å². The molecule has 1 saturated heterocycles. The Hall–Kier alpha value is -4.11. The Bertz CT molecular complexity index is 1450. The van der Waals surface area contributed by atoms with Crippen molar-refractivity contribution in [2.45, 2.75) is 52.5 Å². The van der Waals surface area contributed by atoms with Crippen molar-refractivity contribution < 1.29 is 33.3 Å². The highest BCUT2D eigenvalue weighted by molar-refractivity contribution is 5.94. The number of fused-ring (bicyclic) bond motifs is 1. The minimum Gasteiger partial charge on any atom is -0.494 e. The third-order valence-electron chi connectivity index (χ3n) is 8.11. The average Bonchev–Trinajstić information content (AvgIpc) is 3.59. The number of carbonyl (C=O) groups is 2. The molecule has 3 aromatic carbocycles. The van der Waals surface area contributed by atoms with Gasteiger partial charge in [0.15, 0.2) is 11.6 Å². The second-order valence-electron chi connectivity index (χ2n) is 10.8. The third kappa shape index (κ3) is 5.79. The molecule has 42 heavy (non-hydrogen) atoms. The number of nitrogens with zero attached hydrogens (tertiary/aromatic N) is 1. The highest BCUT2D eigenvalue weighted by atomic mass is 19.1.